The van der Waals surface area contributed by atoms with Gasteiger partial charge in [0.15, 0.2) is 0 Å². The summed E-state index contributed by atoms with van der Waals surface area (Å²) < 4.78 is 0. The number of nitro groups is 1. The Hall–Kier alpha value is -3.42. The number of piperazine rings is 1. The molecule has 0 saturated carbocycles. The van der Waals surface area contributed by atoms with E-state index in [4.69, 9.17) is 0 Å². The number of carbonyl (C=O) groups excluding carboxylic acids is 2. The first kappa shape index (κ1) is 20.3. The molecule has 8 nitrogen and oxygen atoms in total. The van der Waals surface area contributed by atoms with Gasteiger partial charge in [0.25, 0.3) is 11.6 Å². The van der Waals surface area contributed by atoms with E-state index in [1.54, 1.807) is 35.2 Å². The van der Waals surface area contributed by atoms with Crippen molar-refractivity contribution in [1.82, 2.24) is 10.2 Å². The first-order valence-electron chi connectivity index (χ1n) is 9.48. The Balaban J connectivity index is 1.54. The standard InChI is InChI=1S/C21H24N4O4/c1-15-11-16(2)13-17(12-15)21(27)22-14-20(26)24-9-7-23(8-10-24)18-5-3-4-6-19(18)25(28)29/h3-6,11-13H,7-10,14H2,1-2H3,(H,22,27). The van der Waals surface area contributed by atoms with Gasteiger partial charge in [-0.3, -0.25) is 19.7 Å². The van der Waals surface area contributed by atoms with Crippen LogP contribution in [0.4, 0.5) is 11.4 Å². The van der Waals surface area contributed by atoms with Gasteiger partial charge < -0.3 is 15.1 Å². The smallest absolute Gasteiger partial charge is 0.292 e. The van der Waals surface area contributed by atoms with Crippen LogP contribution >= 0.6 is 0 Å². The van der Waals surface area contributed by atoms with Crippen LogP contribution in [0.5, 0.6) is 0 Å². The van der Waals surface area contributed by atoms with Crippen LogP contribution in [-0.4, -0.2) is 54.4 Å². The van der Waals surface area contributed by atoms with Crippen molar-refractivity contribution in [3.63, 3.8) is 0 Å². The van der Waals surface area contributed by atoms with E-state index in [-0.39, 0.29) is 24.0 Å². The highest BCUT2D eigenvalue weighted by atomic mass is 16.6. The van der Waals surface area contributed by atoms with Crippen molar-refractivity contribution in [2.45, 2.75) is 13.8 Å². The zero-order valence-corrected chi connectivity index (χ0v) is 16.6. The molecule has 1 saturated heterocycles. The number of aryl methyl sites for hydroxylation is 2. The topological polar surface area (TPSA) is 95.8 Å². The average Bonchev–Trinajstić information content (AvgIpc) is 2.71. The zero-order valence-electron chi connectivity index (χ0n) is 16.6. The Bertz CT molecular complexity index is 916. The number of nitrogens with zero attached hydrogens (tertiary/aromatic N) is 3. The Kier molecular flexibility index (Phi) is 6.11. The first-order chi connectivity index (χ1) is 13.8. The maximum atomic E-state index is 12.5. The van der Waals surface area contributed by atoms with Crippen molar-refractivity contribution < 1.29 is 14.5 Å². The van der Waals surface area contributed by atoms with Crippen LogP contribution in [-0.2, 0) is 4.79 Å². The predicted octanol–water partition coefficient (Wildman–Crippen LogP) is 2.29. The van der Waals surface area contributed by atoms with E-state index in [1.807, 2.05) is 24.8 Å². The fourth-order valence-corrected chi connectivity index (χ4v) is 3.56. The maximum absolute atomic E-state index is 12.5. The lowest BCUT2D eigenvalue weighted by Gasteiger charge is -2.35. The summed E-state index contributed by atoms with van der Waals surface area (Å²) in [6.07, 6.45) is 0. The van der Waals surface area contributed by atoms with Crippen molar-refractivity contribution in [1.29, 1.82) is 0 Å². The largest absolute Gasteiger partial charge is 0.362 e. The molecule has 29 heavy (non-hydrogen) atoms. The molecule has 1 heterocycles. The predicted molar refractivity (Wildman–Crippen MR) is 110 cm³/mol. The van der Waals surface area contributed by atoms with E-state index in [9.17, 15) is 19.7 Å². The fraction of sp³-hybridized carbons (Fsp3) is 0.333. The van der Waals surface area contributed by atoms with Crippen LogP contribution in [0.2, 0.25) is 0 Å². The molecule has 0 aliphatic carbocycles. The molecule has 152 valence electrons. The Morgan fingerprint density at radius 1 is 1.03 bits per heavy atom. The number of anilines is 1. The van der Waals surface area contributed by atoms with Gasteiger partial charge >= 0.3 is 0 Å². The lowest BCUT2D eigenvalue weighted by Crippen LogP contribution is -2.51. The van der Waals surface area contributed by atoms with E-state index in [2.05, 4.69) is 5.32 Å². The summed E-state index contributed by atoms with van der Waals surface area (Å²) in [5.41, 5.74) is 3.15. The minimum absolute atomic E-state index is 0.0630. The highest BCUT2D eigenvalue weighted by Gasteiger charge is 2.25. The van der Waals surface area contributed by atoms with E-state index >= 15 is 0 Å². The third-order valence-electron chi connectivity index (χ3n) is 4.94. The van der Waals surface area contributed by atoms with E-state index in [0.29, 0.717) is 37.4 Å². The molecule has 2 aromatic carbocycles. The van der Waals surface area contributed by atoms with Gasteiger partial charge in [-0.1, -0.05) is 29.3 Å². The molecule has 0 bridgehead atoms. The molecule has 1 fully saturated rings. The van der Waals surface area contributed by atoms with Crippen LogP contribution in [0.1, 0.15) is 21.5 Å². The minimum atomic E-state index is -0.393. The second kappa shape index (κ2) is 8.72. The number of benzene rings is 2. The first-order valence-corrected chi connectivity index (χ1v) is 9.48. The van der Waals surface area contributed by atoms with Gasteiger partial charge in [-0.15, -0.1) is 0 Å². The van der Waals surface area contributed by atoms with Crippen molar-refractivity contribution in [3.05, 3.63) is 69.3 Å². The molecule has 1 aliphatic heterocycles. The van der Waals surface area contributed by atoms with Crippen LogP contribution in [0.25, 0.3) is 0 Å². The van der Waals surface area contributed by atoms with Crippen molar-refractivity contribution >= 4 is 23.2 Å². The van der Waals surface area contributed by atoms with E-state index < -0.39 is 4.92 Å². The summed E-state index contributed by atoms with van der Waals surface area (Å²) in [7, 11) is 0. The van der Waals surface area contributed by atoms with E-state index in [1.165, 1.54) is 6.07 Å². The van der Waals surface area contributed by atoms with Gasteiger partial charge in [0.1, 0.15) is 5.69 Å². The van der Waals surface area contributed by atoms with Gasteiger partial charge in [-0.2, -0.15) is 0 Å². The Morgan fingerprint density at radius 3 is 2.28 bits per heavy atom. The SMILES string of the molecule is Cc1cc(C)cc(C(=O)NCC(=O)N2CCN(c3ccccc3[N+](=O)[O-])CC2)c1. The zero-order chi connectivity index (χ0) is 21.0. The second-order valence-electron chi connectivity index (χ2n) is 7.17. The Morgan fingerprint density at radius 2 is 1.66 bits per heavy atom. The number of para-hydroxylation sites is 2. The number of rotatable bonds is 5. The maximum Gasteiger partial charge on any atom is 0.292 e. The molecule has 0 unspecified atom stereocenters. The van der Waals surface area contributed by atoms with Gasteiger partial charge in [-0.25, -0.2) is 0 Å². The molecule has 0 spiro atoms. The summed E-state index contributed by atoms with van der Waals surface area (Å²) in [6.45, 7) is 5.67. The average molecular weight is 396 g/mol. The van der Waals surface area contributed by atoms with Crippen molar-refractivity contribution in [2.75, 3.05) is 37.6 Å². The molecular weight excluding hydrogens is 372 g/mol. The molecule has 8 heteroatoms. The summed E-state index contributed by atoms with van der Waals surface area (Å²) in [5.74, 6) is -0.436. The van der Waals surface area contributed by atoms with Crippen molar-refractivity contribution in [2.24, 2.45) is 0 Å². The lowest BCUT2D eigenvalue weighted by molar-refractivity contribution is -0.384. The summed E-state index contributed by atoms with van der Waals surface area (Å²) in [5, 5.41) is 13.9. The molecule has 2 aromatic rings. The number of hydrogen-bond donors (Lipinski definition) is 1. The number of nitro benzene ring substituents is 1. The molecule has 0 aromatic heterocycles. The summed E-state index contributed by atoms with van der Waals surface area (Å²) >= 11 is 0. The minimum Gasteiger partial charge on any atom is -0.362 e. The lowest BCUT2D eigenvalue weighted by atomic mass is 10.1. The monoisotopic (exact) mass is 396 g/mol. The van der Waals surface area contributed by atoms with Gasteiger partial charge in [-0.05, 0) is 32.0 Å². The number of hydrogen-bond acceptors (Lipinski definition) is 5. The van der Waals surface area contributed by atoms with Gasteiger partial charge in [0.2, 0.25) is 5.91 Å². The highest BCUT2D eigenvalue weighted by Crippen LogP contribution is 2.28. The van der Waals surface area contributed by atoms with E-state index in [0.717, 1.165) is 11.1 Å². The Labute approximate surface area is 169 Å². The van der Waals surface area contributed by atoms with Crippen LogP contribution in [0, 0.1) is 24.0 Å². The summed E-state index contributed by atoms with van der Waals surface area (Å²) in [6, 6.07) is 12.2. The molecule has 0 atom stereocenters. The fourth-order valence-electron chi connectivity index (χ4n) is 3.56. The quantitative estimate of drug-likeness (QED) is 0.618. The van der Waals surface area contributed by atoms with Crippen LogP contribution in [0.15, 0.2) is 42.5 Å². The second-order valence-corrected chi connectivity index (χ2v) is 7.17. The molecule has 1 aliphatic rings. The van der Waals surface area contributed by atoms with Gasteiger partial charge in [0, 0.05) is 37.8 Å². The molecule has 3 rings (SSSR count). The van der Waals surface area contributed by atoms with Crippen LogP contribution < -0.4 is 10.2 Å². The number of amides is 2. The van der Waals surface area contributed by atoms with Gasteiger partial charge in [0.05, 0.1) is 11.5 Å². The molecule has 2 amide bonds. The van der Waals surface area contributed by atoms with Crippen molar-refractivity contribution in [3.8, 4) is 0 Å². The molecule has 1 N–H and O–H groups in total. The highest BCUT2D eigenvalue weighted by molar-refractivity contribution is 5.96. The van der Waals surface area contributed by atoms with Crippen LogP contribution in [0.3, 0.4) is 0 Å². The number of nitrogens with one attached hydrogen (secondary N) is 1. The third-order valence-corrected chi connectivity index (χ3v) is 4.94. The molecule has 0 radical (unpaired) electrons. The molecular formula is C21H24N4O4. The normalized spacial score (nSPS) is 13.9. The number of carbonyl (C=O) groups is 2. The third kappa shape index (κ3) is 4.90. The summed E-state index contributed by atoms with van der Waals surface area (Å²) in [4.78, 5) is 39.2.